The fourth-order valence-electron chi connectivity index (χ4n) is 1.50. The maximum absolute atomic E-state index is 5.86. The molecular weight excluding hydrogens is 224 g/mol. The van der Waals surface area contributed by atoms with E-state index in [-0.39, 0.29) is 6.04 Å². The average molecular weight is 237 g/mol. The van der Waals surface area contributed by atoms with E-state index in [2.05, 4.69) is 10.3 Å². The van der Waals surface area contributed by atoms with Crippen LogP contribution in [0.3, 0.4) is 0 Å². The average Bonchev–Trinajstić information content (AvgIpc) is 2.77. The Hall–Kier alpha value is -1.48. The van der Waals surface area contributed by atoms with Gasteiger partial charge in [0, 0.05) is 0 Å². The molecule has 1 unspecified atom stereocenters. The van der Waals surface area contributed by atoms with Gasteiger partial charge in [0.25, 0.3) is 0 Å². The van der Waals surface area contributed by atoms with Crippen LogP contribution < -0.4 is 5.32 Å². The van der Waals surface area contributed by atoms with E-state index in [1.165, 1.54) is 0 Å². The van der Waals surface area contributed by atoms with Crippen molar-refractivity contribution in [1.29, 1.82) is 0 Å². The van der Waals surface area contributed by atoms with Gasteiger partial charge in [-0.3, -0.25) is 0 Å². The summed E-state index contributed by atoms with van der Waals surface area (Å²) < 4.78 is 5.31. The van der Waals surface area contributed by atoms with Gasteiger partial charge in [0.1, 0.15) is 10.9 Å². The first-order chi connectivity index (χ1) is 7.66. The quantitative estimate of drug-likeness (QED) is 0.824. The topological polar surface area (TPSA) is 38.1 Å². The van der Waals surface area contributed by atoms with Crippen LogP contribution in [-0.2, 0) is 0 Å². The van der Waals surface area contributed by atoms with Crippen molar-refractivity contribution < 1.29 is 4.42 Å². The summed E-state index contributed by atoms with van der Waals surface area (Å²) in [5.41, 5.74) is 1.89. The number of rotatable bonds is 3. The molecule has 0 aliphatic carbocycles. The number of pyridine rings is 1. The lowest BCUT2D eigenvalue weighted by atomic mass is 10.2. The number of nitrogens with one attached hydrogen (secondary N) is 1. The Morgan fingerprint density at radius 3 is 2.94 bits per heavy atom. The van der Waals surface area contributed by atoms with Crippen LogP contribution in [0.5, 0.6) is 0 Å². The smallest absolute Gasteiger partial charge is 0.132 e. The van der Waals surface area contributed by atoms with E-state index < -0.39 is 0 Å². The summed E-state index contributed by atoms with van der Waals surface area (Å²) in [6, 6.07) is 5.89. The van der Waals surface area contributed by atoms with Crippen molar-refractivity contribution in [2.45, 2.75) is 19.9 Å². The second-order valence-corrected chi connectivity index (χ2v) is 4.07. The lowest BCUT2D eigenvalue weighted by Crippen LogP contribution is -2.06. The highest BCUT2D eigenvalue weighted by molar-refractivity contribution is 6.30. The van der Waals surface area contributed by atoms with Crippen LogP contribution in [0.1, 0.15) is 24.3 Å². The van der Waals surface area contributed by atoms with Crippen molar-refractivity contribution in [3.8, 4) is 0 Å². The molecule has 4 heteroatoms. The number of aromatic nitrogens is 1. The van der Waals surface area contributed by atoms with Crippen molar-refractivity contribution in [3.63, 3.8) is 0 Å². The molecule has 2 heterocycles. The van der Waals surface area contributed by atoms with Gasteiger partial charge in [-0.15, -0.1) is 0 Å². The van der Waals surface area contributed by atoms with E-state index in [0.717, 1.165) is 17.0 Å². The van der Waals surface area contributed by atoms with Crippen molar-refractivity contribution in [3.05, 3.63) is 47.1 Å². The maximum atomic E-state index is 5.86. The first-order valence-electron chi connectivity index (χ1n) is 5.09. The number of hydrogen-bond donors (Lipinski definition) is 1. The summed E-state index contributed by atoms with van der Waals surface area (Å²) in [7, 11) is 0. The molecule has 3 nitrogen and oxygen atoms in total. The molecule has 2 aromatic heterocycles. The Kier molecular flexibility index (Phi) is 3.15. The third-order valence-electron chi connectivity index (χ3n) is 2.37. The van der Waals surface area contributed by atoms with Gasteiger partial charge in [-0.05, 0) is 37.6 Å². The summed E-state index contributed by atoms with van der Waals surface area (Å²) in [4.78, 5) is 4.09. The van der Waals surface area contributed by atoms with Gasteiger partial charge >= 0.3 is 0 Å². The molecule has 0 aliphatic heterocycles. The van der Waals surface area contributed by atoms with Crippen molar-refractivity contribution in [1.82, 2.24) is 4.98 Å². The molecular formula is C12H13ClN2O. The number of halogens is 1. The Labute approximate surface area is 99.5 Å². The van der Waals surface area contributed by atoms with Crippen molar-refractivity contribution in [2.24, 2.45) is 0 Å². The molecule has 0 aromatic carbocycles. The van der Waals surface area contributed by atoms with Gasteiger partial charge in [-0.2, -0.15) is 0 Å². The van der Waals surface area contributed by atoms with E-state index in [4.69, 9.17) is 16.0 Å². The van der Waals surface area contributed by atoms with Crippen LogP contribution in [-0.4, -0.2) is 4.98 Å². The molecule has 16 heavy (non-hydrogen) atoms. The van der Waals surface area contributed by atoms with Crippen LogP contribution in [0.2, 0.25) is 5.15 Å². The summed E-state index contributed by atoms with van der Waals surface area (Å²) in [6.07, 6.45) is 3.38. The molecule has 0 saturated heterocycles. The zero-order valence-electron chi connectivity index (χ0n) is 9.20. The van der Waals surface area contributed by atoms with Gasteiger partial charge in [-0.1, -0.05) is 11.6 Å². The third kappa shape index (κ3) is 2.36. The van der Waals surface area contributed by atoms with Crippen molar-refractivity contribution in [2.75, 3.05) is 5.32 Å². The van der Waals surface area contributed by atoms with Crippen LogP contribution in [0.15, 0.2) is 35.1 Å². The molecule has 84 valence electrons. The number of aryl methyl sites for hydroxylation is 1. The fourth-order valence-corrected chi connectivity index (χ4v) is 1.60. The van der Waals surface area contributed by atoms with E-state index in [9.17, 15) is 0 Å². The lowest BCUT2D eigenvalue weighted by molar-refractivity contribution is 0.490. The molecule has 0 bridgehead atoms. The molecule has 0 spiro atoms. The number of hydrogen-bond acceptors (Lipinski definition) is 3. The van der Waals surface area contributed by atoms with Crippen molar-refractivity contribution >= 4 is 17.3 Å². The van der Waals surface area contributed by atoms with E-state index >= 15 is 0 Å². The summed E-state index contributed by atoms with van der Waals surface area (Å²) >= 11 is 5.86. The minimum Gasteiger partial charge on any atom is -0.467 e. The predicted molar refractivity (Wildman–Crippen MR) is 64.7 cm³/mol. The monoisotopic (exact) mass is 236 g/mol. The first kappa shape index (κ1) is 11.0. The third-order valence-corrected chi connectivity index (χ3v) is 2.76. The number of anilines is 1. The number of furan rings is 1. The molecule has 0 radical (unpaired) electrons. The van der Waals surface area contributed by atoms with Crippen LogP contribution >= 0.6 is 11.6 Å². The normalized spacial score (nSPS) is 12.4. The SMILES string of the molecule is Cc1cc(NC(C)c2ccco2)cnc1Cl. The highest BCUT2D eigenvalue weighted by Crippen LogP contribution is 2.21. The Balaban J connectivity index is 2.12. The highest BCUT2D eigenvalue weighted by atomic mass is 35.5. The molecule has 0 fully saturated rings. The fraction of sp³-hybridized carbons (Fsp3) is 0.250. The van der Waals surface area contributed by atoms with Gasteiger partial charge in [0.2, 0.25) is 0 Å². The van der Waals surface area contributed by atoms with Gasteiger partial charge in [0.05, 0.1) is 24.2 Å². The Bertz CT molecular complexity index is 468. The zero-order chi connectivity index (χ0) is 11.5. The largest absolute Gasteiger partial charge is 0.467 e. The van der Waals surface area contributed by atoms with Gasteiger partial charge in [0.15, 0.2) is 0 Å². The van der Waals surface area contributed by atoms with E-state index in [1.54, 1.807) is 12.5 Å². The predicted octanol–water partition coefficient (Wildman–Crippen LogP) is 3.81. The Morgan fingerprint density at radius 2 is 2.31 bits per heavy atom. The molecule has 0 saturated carbocycles. The molecule has 1 atom stereocenters. The summed E-state index contributed by atoms with van der Waals surface area (Å²) in [5.74, 6) is 0.896. The molecule has 2 aromatic rings. The molecule has 0 amide bonds. The zero-order valence-corrected chi connectivity index (χ0v) is 9.95. The minimum absolute atomic E-state index is 0.109. The van der Waals surface area contributed by atoms with Crippen LogP contribution in [0.25, 0.3) is 0 Å². The molecule has 2 rings (SSSR count). The Morgan fingerprint density at radius 1 is 1.50 bits per heavy atom. The highest BCUT2D eigenvalue weighted by Gasteiger charge is 2.08. The molecule has 1 N–H and O–H groups in total. The van der Waals surface area contributed by atoms with E-state index in [1.807, 2.05) is 32.0 Å². The standard InChI is InChI=1S/C12H13ClN2O/c1-8-6-10(7-14-12(8)13)15-9(2)11-4-3-5-16-11/h3-7,9,15H,1-2H3. The minimum atomic E-state index is 0.109. The van der Waals surface area contributed by atoms with Crippen LogP contribution in [0, 0.1) is 6.92 Å². The van der Waals surface area contributed by atoms with Gasteiger partial charge < -0.3 is 9.73 Å². The summed E-state index contributed by atoms with van der Waals surface area (Å²) in [5, 5.41) is 3.84. The lowest BCUT2D eigenvalue weighted by Gasteiger charge is -2.13. The second-order valence-electron chi connectivity index (χ2n) is 3.71. The van der Waals surface area contributed by atoms with E-state index in [0.29, 0.717) is 5.15 Å². The first-order valence-corrected chi connectivity index (χ1v) is 5.46. The number of nitrogens with zero attached hydrogens (tertiary/aromatic N) is 1. The molecule has 0 aliphatic rings. The second kappa shape index (κ2) is 4.58. The van der Waals surface area contributed by atoms with Crippen LogP contribution in [0.4, 0.5) is 5.69 Å². The maximum Gasteiger partial charge on any atom is 0.132 e. The van der Waals surface area contributed by atoms with Gasteiger partial charge in [-0.25, -0.2) is 4.98 Å². The summed E-state index contributed by atoms with van der Waals surface area (Å²) in [6.45, 7) is 3.96.